The van der Waals surface area contributed by atoms with Crippen LogP contribution in [0.1, 0.15) is 45.1 Å². The van der Waals surface area contributed by atoms with Crippen LogP contribution in [0.3, 0.4) is 0 Å². The van der Waals surface area contributed by atoms with Gasteiger partial charge in [0.25, 0.3) is 0 Å². The molecule has 1 aromatic carbocycles. The molecule has 0 aliphatic carbocycles. The third-order valence-corrected chi connectivity index (χ3v) is 4.84. The molecule has 32 heavy (non-hydrogen) atoms. The van der Waals surface area contributed by atoms with Crippen molar-refractivity contribution in [3.63, 3.8) is 0 Å². The van der Waals surface area contributed by atoms with Crippen molar-refractivity contribution in [1.82, 2.24) is 15.3 Å². The minimum absolute atomic E-state index is 0.140. The Morgan fingerprint density at radius 1 is 1.22 bits per heavy atom. The standard InChI is InChI=1S/C24H27N3O5/c1-3-25-19(28)14-13-18-21-23(31-16(2)9-7-8-12-20(29)30)26-15-27-24(21)32-22(18)17-10-5-4-6-11-17/h4-6,10-11,13-16H,3,7-9,12H2,1-2H3,(H,25,28)(H,29,30)/t16-/m1/s1. The van der Waals surface area contributed by atoms with Crippen molar-refractivity contribution >= 4 is 29.1 Å². The zero-order valence-corrected chi connectivity index (χ0v) is 18.2. The van der Waals surface area contributed by atoms with Crippen molar-refractivity contribution in [2.75, 3.05) is 6.54 Å². The number of carboxylic acids is 1. The van der Waals surface area contributed by atoms with E-state index in [1.807, 2.05) is 44.2 Å². The number of amides is 1. The molecule has 0 aliphatic rings. The molecular formula is C24H27N3O5. The molecule has 0 unspecified atom stereocenters. The molecule has 1 amide bonds. The highest BCUT2D eigenvalue weighted by atomic mass is 16.5. The highest BCUT2D eigenvalue weighted by Gasteiger charge is 2.21. The van der Waals surface area contributed by atoms with E-state index in [-0.39, 0.29) is 18.4 Å². The zero-order valence-electron chi connectivity index (χ0n) is 18.2. The number of aliphatic carboxylic acids is 1. The molecule has 168 valence electrons. The van der Waals surface area contributed by atoms with E-state index in [1.54, 1.807) is 6.08 Å². The van der Waals surface area contributed by atoms with Crippen LogP contribution in [0.2, 0.25) is 0 Å². The number of carboxylic acid groups (broad SMARTS) is 1. The van der Waals surface area contributed by atoms with Gasteiger partial charge in [0.1, 0.15) is 17.5 Å². The maximum Gasteiger partial charge on any atom is 0.303 e. The Morgan fingerprint density at radius 3 is 2.72 bits per heavy atom. The number of nitrogens with zero attached hydrogens (tertiary/aromatic N) is 2. The van der Waals surface area contributed by atoms with Crippen LogP contribution in [-0.2, 0) is 9.59 Å². The van der Waals surface area contributed by atoms with Crippen LogP contribution in [0.5, 0.6) is 5.88 Å². The van der Waals surface area contributed by atoms with Crippen molar-refractivity contribution in [3.05, 3.63) is 48.3 Å². The minimum atomic E-state index is -0.800. The first kappa shape index (κ1) is 23.0. The number of aromatic nitrogens is 2. The highest BCUT2D eigenvalue weighted by Crippen LogP contribution is 2.37. The minimum Gasteiger partial charge on any atom is -0.481 e. The quantitative estimate of drug-likeness (QED) is 0.336. The van der Waals surface area contributed by atoms with Crippen molar-refractivity contribution < 1.29 is 23.8 Å². The molecule has 0 saturated carbocycles. The molecule has 8 heteroatoms. The molecule has 1 atom stereocenters. The Hall–Kier alpha value is -3.68. The van der Waals surface area contributed by atoms with Gasteiger partial charge in [-0.1, -0.05) is 30.3 Å². The van der Waals surface area contributed by atoms with Gasteiger partial charge in [-0.05, 0) is 39.2 Å². The number of hydrogen-bond acceptors (Lipinski definition) is 6. The lowest BCUT2D eigenvalue weighted by atomic mass is 10.1. The second kappa shape index (κ2) is 11.1. The van der Waals surface area contributed by atoms with Gasteiger partial charge in [0.15, 0.2) is 0 Å². The fourth-order valence-electron chi connectivity index (χ4n) is 3.33. The van der Waals surface area contributed by atoms with E-state index in [4.69, 9.17) is 14.3 Å². The number of carbonyl (C=O) groups excluding carboxylic acids is 1. The molecule has 0 spiro atoms. The molecule has 0 bridgehead atoms. The topological polar surface area (TPSA) is 115 Å². The second-order valence-corrected chi connectivity index (χ2v) is 7.37. The van der Waals surface area contributed by atoms with E-state index >= 15 is 0 Å². The van der Waals surface area contributed by atoms with Gasteiger partial charge in [-0.15, -0.1) is 0 Å². The van der Waals surface area contributed by atoms with E-state index < -0.39 is 5.97 Å². The smallest absolute Gasteiger partial charge is 0.303 e. The second-order valence-electron chi connectivity index (χ2n) is 7.37. The van der Waals surface area contributed by atoms with E-state index in [1.165, 1.54) is 12.4 Å². The highest BCUT2D eigenvalue weighted by molar-refractivity contribution is 6.00. The maximum absolute atomic E-state index is 12.0. The van der Waals surface area contributed by atoms with Gasteiger partial charge in [0.05, 0.1) is 6.10 Å². The number of carbonyl (C=O) groups is 2. The predicted octanol–water partition coefficient (Wildman–Crippen LogP) is 4.45. The molecule has 0 fully saturated rings. The number of nitrogens with one attached hydrogen (secondary N) is 1. The zero-order chi connectivity index (χ0) is 22.9. The molecule has 3 aromatic rings. The summed E-state index contributed by atoms with van der Waals surface area (Å²) in [6, 6.07) is 9.56. The molecule has 2 N–H and O–H groups in total. The lowest BCUT2D eigenvalue weighted by Gasteiger charge is -2.14. The summed E-state index contributed by atoms with van der Waals surface area (Å²) < 4.78 is 12.1. The number of ether oxygens (including phenoxy) is 1. The average molecular weight is 437 g/mol. The number of furan rings is 1. The van der Waals surface area contributed by atoms with E-state index in [0.29, 0.717) is 47.7 Å². The Kier molecular flexibility index (Phi) is 7.96. The lowest BCUT2D eigenvalue weighted by Crippen LogP contribution is -2.19. The number of benzene rings is 1. The number of hydrogen-bond donors (Lipinski definition) is 2. The SMILES string of the molecule is CCNC(=O)C=Cc1c(-c2ccccc2)oc2ncnc(O[C@H](C)CCCCC(=O)O)c12. The summed E-state index contributed by atoms with van der Waals surface area (Å²) in [6.45, 7) is 4.29. The molecule has 0 aliphatic heterocycles. The molecule has 0 saturated heterocycles. The van der Waals surface area contributed by atoms with Crippen molar-refractivity contribution in [3.8, 4) is 17.2 Å². The van der Waals surface area contributed by atoms with Gasteiger partial charge in [-0.25, -0.2) is 9.97 Å². The summed E-state index contributed by atoms with van der Waals surface area (Å²) >= 11 is 0. The summed E-state index contributed by atoms with van der Waals surface area (Å²) in [5.41, 5.74) is 1.86. The predicted molar refractivity (Wildman–Crippen MR) is 121 cm³/mol. The Bertz CT molecular complexity index is 1090. The monoisotopic (exact) mass is 437 g/mol. The summed E-state index contributed by atoms with van der Waals surface area (Å²) in [6.07, 6.45) is 6.48. The third kappa shape index (κ3) is 5.94. The van der Waals surface area contributed by atoms with Crippen LogP contribution in [0.25, 0.3) is 28.5 Å². The fraction of sp³-hybridized carbons (Fsp3) is 0.333. The van der Waals surface area contributed by atoms with Gasteiger partial charge in [0, 0.05) is 30.2 Å². The first-order valence-electron chi connectivity index (χ1n) is 10.7. The van der Waals surface area contributed by atoms with E-state index in [0.717, 1.165) is 12.0 Å². The molecule has 2 aromatic heterocycles. The Balaban J connectivity index is 1.95. The fourth-order valence-corrected chi connectivity index (χ4v) is 3.33. The van der Waals surface area contributed by atoms with Crippen LogP contribution in [0.15, 0.2) is 47.2 Å². The normalized spacial score (nSPS) is 12.2. The van der Waals surface area contributed by atoms with E-state index in [9.17, 15) is 9.59 Å². The molecule has 8 nitrogen and oxygen atoms in total. The van der Waals surface area contributed by atoms with E-state index in [2.05, 4.69) is 15.3 Å². The van der Waals surface area contributed by atoms with Crippen molar-refractivity contribution in [2.24, 2.45) is 0 Å². The van der Waals surface area contributed by atoms with Crippen molar-refractivity contribution in [2.45, 2.75) is 45.6 Å². The number of rotatable bonds is 11. The first-order chi connectivity index (χ1) is 15.5. The number of unbranched alkanes of at least 4 members (excludes halogenated alkanes) is 1. The van der Waals surface area contributed by atoms with Crippen LogP contribution >= 0.6 is 0 Å². The Labute approximate surface area is 186 Å². The number of fused-ring (bicyclic) bond motifs is 1. The van der Waals surface area contributed by atoms with Gasteiger partial charge in [-0.2, -0.15) is 0 Å². The van der Waals surface area contributed by atoms with Gasteiger partial charge in [-0.3, -0.25) is 9.59 Å². The summed E-state index contributed by atoms with van der Waals surface area (Å²) in [4.78, 5) is 31.3. The summed E-state index contributed by atoms with van der Waals surface area (Å²) in [5, 5.41) is 12.1. The lowest BCUT2D eigenvalue weighted by molar-refractivity contribution is -0.137. The first-order valence-corrected chi connectivity index (χ1v) is 10.7. The molecule has 0 radical (unpaired) electrons. The van der Waals surface area contributed by atoms with Crippen LogP contribution in [0, 0.1) is 0 Å². The average Bonchev–Trinajstić information content (AvgIpc) is 3.16. The maximum atomic E-state index is 12.0. The van der Waals surface area contributed by atoms with Crippen LogP contribution in [-0.4, -0.2) is 39.6 Å². The molecule has 3 rings (SSSR count). The van der Waals surface area contributed by atoms with Gasteiger partial charge in [0.2, 0.25) is 17.5 Å². The van der Waals surface area contributed by atoms with Crippen molar-refractivity contribution in [1.29, 1.82) is 0 Å². The Morgan fingerprint density at radius 2 is 2.00 bits per heavy atom. The number of likely N-dealkylation sites (N-methyl/N-ethyl adjacent to an activating group) is 1. The van der Waals surface area contributed by atoms with Gasteiger partial charge >= 0.3 is 5.97 Å². The summed E-state index contributed by atoms with van der Waals surface area (Å²) in [5.74, 6) is -0.0822. The summed E-state index contributed by atoms with van der Waals surface area (Å²) in [7, 11) is 0. The third-order valence-electron chi connectivity index (χ3n) is 4.84. The van der Waals surface area contributed by atoms with Crippen LogP contribution < -0.4 is 10.1 Å². The van der Waals surface area contributed by atoms with Gasteiger partial charge < -0.3 is 19.6 Å². The molecular weight excluding hydrogens is 410 g/mol. The van der Waals surface area contributed by atoms with Crippen LogP contribution in [0.4, 0.5) is 0 Å². The largest absolute Gasteiger partial charge is 0.481 e. The molecule has 2 heterocycles.